The summed E-state index contributed by atoms with van der Waals surface area (Å²) in [4.78, 5) is 0.950. The Labute approximate surface area is 137 Å². The number of anilines is 1. The molecule has 2 aromatic heterocycles. The summed E-state index contributed by atoms with van der Waals surface area (Å²) in [6.07, 6.45) is 0. The highest BCUT2D eigenvalue weighted by Gasteiger charge is 2.20. The molecule has 0 aliphatic carbocycles. The fraction of sp³-hybridized carbons (Fsp3) is 0. The third-order valence-electron chi connectivity index (χ3n) is 2.76. The Balaban J connectivity index is 2.21. The van der Waals surface area contributed by atoms with E-state index in [-0.39, 0.29) is 5.88 Å². The maximum absolute atomic E-state index is 6.06. The summed E-state index contributed by atoms with van der Waals surface area (Å²) in [6.45, 7) is 0. The van der Waals surface area contributed by atoms with Crippen LogP contribution in [-0.4, -0.2) is 5.16 Å². The first-order valence-electron chi connectivity index (χ1n) is 5.52. The van der Waals surface area contributed by atoms with Crippen molar-refractivity contribution in [3.63, 3.8) is 0 Å². The topological polar surface area (TPSA) is 52.0 Å². The Bertz CT molecular complexity index is 785. The molecule has 0 aliphatic heterocycles. The van der Waals surface area contributed by atoms with Gasteiger partial charge in [-0.2, -0.15) is 0 Å². The van der Waals surface area contributed by atoms with Crippen LogP contribution in [0.25, 0.3) is 21.7 Å². The summed E-state index contributed by atoms with van der Waals surface area (Å²) >= 11 is 17.0. The van der Waals surface area contributed by atoms with Crippen molar-refractivity contribution < 1.29 is 4.52 Å². The summed E-state index contributed by atoms with van der Waals surface area (Å²) < 4.78 is 6.08. The first-order chi connectivity index (χ1) is 9.58. The molecular weight excluding hydrogens is 383 g/mol. The van der Waals surface area contributed by atoms with Crippen molar-refractivity contribution in [2.75, 3.05) is 5.73 Å². The highest BCUT2D eigenvalue weighted by atomic mass is 79.9. The van der Waals surface area contributed by atoms with Crippen molar-refractivity contribution in [2.24, 2.45) is 0 Å². The van der Waals surface area contributed by atoms with Gasteiger partial charge < -0.3 is 10.3 Å². The van der Waals surface area contributed by atoms with Gasteiger partial charge in [-0.1, -0.05) is 34.4 Å². The van der Waals surface area contributed by atoms with Crippen LogP contribution in [0, 0.1) is 0 Å². The zero-order chi connectivity index (χ0) is 14.3. The molecular formula is C13H7BrCl2N2OS. The van der Waals surface area contributed by atoms with Crippen LogP contribution in [-0.2, 0) is 0 Å². The predicted octanol–water partition coefficient (Wildman–Crippen LogP) is 5.72. The zero-order valence-corrected chi connectivity index (χ0v) is 13.8. The van der Waals surface area contributed by atoms with Crippen LogP contribution in [0.5, 0.6) is 0 Å². The van der Waals surface area contributed by atoms with E-state index < -0.39 is 0 Å². The van der Waals surface area contributed by atoms with Gasteiger partial charge in [0.15, 0.2) is 0 Å². The smallest absolute Gasteiger partial charge is 0.230 e. The molecule has 7 heteroatoms. The molecule has 2 heterocycles. The Kier molecular flexibility index (Phi) is 3.77. The molecule has 102 valence electrons. The third kappa shape index (κ3) is 2.35. The van der Waals surface area contributed by atoms with Crippen LogP contribution in [0.4, 0.5) is 5.88 Å². The Morgan fingerprint density at radius 1 is 1.20 bits per heavy atom. The number of hydrogen-bond donors (Lipinski definition) is 1. The minimum absolute atomic E-state index is 0.249. The van der Waals surface area contributed by atoms with Crippen molar-refractivity contribution in [3.8, 4) is 21.7 Å². The number of nitrogens with zero attached hydrogens (tertiary/aromatic N) is 1. The van der Waals surface area contributed by atoms with E-state index in [1.54, 1.807) is 23.5 Å². The van der Waals surface area contributed by atoms with Gasteiger partial charge in [0.05, 0.1) is 20.5 Å². The van der Waals surface area contributed by atoms with Gasteiger partial charge in [0, 0.05) is 4.47 Å². The SMILES string of the molecule is Nc1onc(-c2sccc2Br)c1-c1ccc(Cl)c(Cl)c1. The number of rotatable bonds is 2. The fourth-order valence-electron chi connectivity index (χ4n) is 1.85. The molecule has 2 N–H and O–H groups in total. The predicted molar refractivity (Wildman–Crippen MR) is 87.4 cm³/mol. The minimum Gasteiger partial charge on any atom is -0.367 e. The molecule has 20 heavy (non-hydrogen) atoms. The monoisotopic (exact) mass is 388 g/mol. The highest BCUT2D eigenvalue weighted by Crippen LogP contribution is 2.42. The van der Waals surface area contributed by atoms with Crippen LogP contribution < -0.4 is 5.73 Å². The molecule has 0 saturated carbocycles. The Morgan fingerprint density at radius 2 is 2.00 bits per heavy atom. The zero-order valence-electron chi connectivity index (χ0n) is 9.86. The Morgan fingerprint density at radius 3 is 2.65 bits per heavy atom. The summed E-state index contributed by atoms with van der Waals surface area (Å²) in [7, 11) is 0. The lowest BCUT2D eigenvalue weighted by Gasteiger charge is -2.03. The van der Waals surface area contributed by atoms with E-state index in [9.17, 15) is 0 Å². The molecule has 0 saturated heterocycles. The molecule has 0 spiro atoms. The second-order valence-electron chi connectivity index (χ2n) is 4.00. The van der Waals surface area contributed by atoms with Gasteiger partial charge >= 0.3 is 0 Å². The van der Waals surface area contributed by atoms with Crippen molar-refractivity contribution in [1.29, 1.82) is 0 Å². The van der Waals surface area contributed by atoms with Gasteiger partial charge in [0.25, 0.3) is 0 Å². The van der Waals surface area contributed by atoms with Crippen molar-refractivity contribution >= 4 is 56.4 Å². The van der Waals surface area contributed by atoms with Gasteiger partial charge in [-0.25, -0.2) is 0 Å². The molecule has 3 rings (SSSR count). The third-order valence-corrected chi connectivity index (χ3v) is 5.34. The van der Waals surface area contributed by atoms with E-state index in [0.717, 1.165) is 14.9 Å². The van der Waals surface area contributed by atoms with Crippen LogP contribution in [0.2, 0.25) is 10.0 Å². The van der Waals surface area contributed by atoms with Crippen LogP contribution in [0.15, 0.2) is 38.6 Å². The van der Waals surface area contributed by atoms with Crippen LogP contribution in [0.3, 0.4) is 0 Å². The second kappa shape index (κ2) is 5.41. The van der Waals surface area contributed by atoms with Crippen molar-refractivity contribution in [1.82, 2.24) is 5.16 Å². The van der Waals surface area contributed by atoms with E-state index in [2.05, 4.69) is 21.1 Å². The van der Waals surface area contributed by atoms with Gasteiger partial charge in [-0.3, -0.25) is 0 Å². The number of nitrogen functional groups attached to an aromatic ring is 1. The molecule has 0 unspecified atom stereocenters. The molecule has 0 atom stereocenters. The number of thiophene rings is 1. The molecule has 0 amide bonds. The van der Waals surface area contributed by atoms with Gasteiger partial charge in [-0.15, -0.1) is 11.3 Å². The molecule has 0 aliphatic rings. The van der Waals surface area contributed by atoms with Crippen LogP contribution in [0.1, 0.15) is 0 Å². The number of nitrogens with two attached hydrogens (primary N) is 1. The quantitative estimate of drug-likeness (QED) is 0.609. The number of aromatic nitrogens is 1. The summed E-state index contributed by atoms with van der Waals surface area (Å²) in [5, 5.41) is 6.96. The molecule has 0 radical (unpaired) electrons. The lowest BCUT2D eigenvalue weighted by Crippen LogP contribution is -1.87. The van der Waals surface area contributed by atoms with E-state index >= 15 is 0 Å². The molecule has 3 nitrogen and oxygen atoms in total. The average Bonchev–Trinajstić information content (AvgIpc) is 2.99. The first kappa shape index (κ1) is 13.9. The number of hydrogen-bond acceptors (Lipinski definition) is 4. The molecule has 3 aromatic rings. The number of halogens is 3. The largest absolute Gasteiger partial charge is 0.367 e. The number of benzene rings is 1. The summed E-state index contributed by atoms with van der Waals surface area (Å²) in [5.74, 6) is 0.249. The maximum atomic E-state index is 6.06. The second-order valence-corrected chi connectivity index (χ2v) is 6.58. The summed E-state index contributed by atoms with van der Waals surface area (Å²) in [5.41, 5.74) is 8.11. The van der Waals surface area contributed by atoms with Crippen molar-refractivity contribution in [2.45, 2.75) is 0 Å². The molecule has 1 aromatic carbocycles. The van der Waals surface area contributed by atoms with E-state index in [1.807, 2.05) is 17.5 Å². The van der Waals surface area contributed by atoms with Gasteiger partial charge in [0.1, 0.15) is 5.69 Å². The normalized spacial score (nSPS) is 10.9. The Hall–Kier alpha value is -1.01. The van der Waals surface area contributed by atoms with E-state index in [0.29, 0.717) is 21.3 Å². The first-order valence-corrected chi connectivity index (χ1v) is 7.94. The standard InChI is InChI=1S/C13H7BrCl2N2OS/c14-7-3-4-20-12(7)11-10(13(17)19-18-11)6-1-2-8(15)9(16)5-6/h1-5H,17H2. The van der Waals surface area contributed by atoms with E-state index in [4.69, 9.17) is 33.5 Å². The highest BCUT2D eigenvalue weighted by molar-refractivity contribution is 9.10. The summed E-state index contributed by atoms with van der Waals surface area (Å²) in [6, 6.07) is 7.25. The fourth-order valence-corrected chi connectivity index (χ4v) is 3.70. The molecule has 0 bridgehead atoms. The van der Waals surface area contributed by atoms with Gasteiger partial charge in [-0.05, 0) is 45.1 Å². The lowest BCUT2D eigenvalue weighted by molar-refractivity contribution is 0.439. The van der Waals surface area contributed by atoms with Crippen molar-refractivity contribution in [3.05, 3.63) is 44.2 Å². The van der Waals surface area contributed by atoms with Crippen LogP contribution >= 0.6 is 50.5 Å². The van der Waals surface area contributed by atoms with E-state index in [1.165, 1.54) is 0 Å². The average molecular weight is 390 g/mol. The minimum atomic E-state index is 0.249. The lowest BCUT2D eigenvalue weighted by atomic mass is 10.0. The van der Waals surface area contributed by atoms with Gasteiger partial charge in [0.2, 0.25) is 5.88 Å². The molecule has 0 fully saturated rings. The maximum Gasteiger partial charge on any atom is 0.230 e.